The highest BCUT2D eigenvalue weighted by atomic mass is 32.1. The van der Waals surface area contributed by atoms with Gasteiger partial charge in [0.15, 0.2) is 5.12 Å². The normalized spacial score (nSPS) is 12.3. The molecule has 0 aliphatic rings. The monoisotopic (exact) mass is 290 g/mol. The van der Waals surface area contributed by atoms with Gasteiger partial charge < -0.3 is 4.52 Å². The van der Waals surface area contributed by atoms with Gasteiger partial charge in [-0.15, -0.1) is 12.6 Å². The van der Waals surface area contributed by atoms with Gasteiger partial charge in [-0.2, -0.15) is 0 Å². The summed E-state index contributed by atoms with van der Waals surface area (Å²) in [4.78, 5) is 28.8. The average Bonchev–Trinajstić information content (AvgIpc) is 2.13. The van der Waals surface area contributed by atoms with Crippen LogP contribution in [0.1, 0.15) is 25.8 Å². The van der Waals surface area contributed by atoms with Gasteiger partial charge in [0.05, 0.1) is 0 Å². The number of benzene rings is 1. The van der Waals surface area contributed by atoms with Crippen LogP contribution in [-0.4, -0.2) is 14.9 Å². The van der Waals surface area contributed by atoms with Crippen LogP contribution in [0.3, 0.4) is 0 Å². The molecule has 0 unspecified atom stereocenters. The average molecular weight is 290 g/mol. The smallest absolute Gasteiger partial charge is 0.404 e. The lowest BCUT2D eigenvalue weighted by atomic mass is 9.81. The van der Waals surface area contributed by atoms with E-state index in [2.05, 4.69) is 17.2 Å². The first kappa shape index (κ1) is 15.2. The Kier molecular flexibility index (Phi) is 4.61. The van der Waals surface area contributed by atoms with Crippen molar-refractivity contribution in [2.45, 2.75) is 25.7 Å². The molecule has 7 heteroatoms. The molecule has 0 fully saturated rings. The lowest BCUT2D eigenvalue weighted by Crippen LogP contribution is -2.20. The molecule has 0 amide bonds. The maximum Gasteiger partial charge on any atom is 0.524 e. The Hall–Kier alpha value is -0.810. The highest BCUT2D eigenvalue weighted by Gasteiger charge is 2.28. The molecular weight excluding hydrogens is 275 g/mol. The zero-order chi connectivity index (χ0) is 14.0. The summed E-state index contributed by atoms with van der Waals surface area (Å²) < 4.78 is 15.5. The Morgan fingerprint density at radius 2 is 1.94 bits per heavy atom. The summed E-state index contributed by atoms with van der Waals surface area (Å²) in [5, 5.41) is -0.300. The summed E-state index contributed by atoms with van der Waals surface area (Å²) in [6.07, 6.45) is 0.137. The standard InChI is InChI=1S/C11H15O5PS/c1-11(2,7-10(12)18)8-5-3-4-6-9(8)16-17(13,14)15/h3-6H,7H2,1-2H3,(H,12,18)(H2,13,14,15). The molecule has 0 spiro atoms. The third kappa shape index (κ3) is 4.46. The predicted octanol–water partition coefficient (Wildman–Crippen LogP) is 2.28. The van der Waals surface area contributed by atoms with Crippen molar-refractivity contribution in [3.05, 3.63) is 29.8 Å². The summed E-state index contributed by atoms with van der Waals surface area (Å²) in [5.41, 5.74) is -0.0688. The number of rotatable bonds is 5. The summed E-state index contributed by atoms with van der Waals surface area (Å²) in [5.74, 6) is 0.0745. The van der Waals surface area contributed by atoms with Crippen LogP contribution in [-0.2, 0) is 14.8 Å². The van der Waals surface area contributed by atoms with Gasteiger partial charge in [0.25, 0.3) is 0 Å². The number of thiol groups is 1. The van der Waals surface area contributed by atoms with Crippen molar-refractivity contribution in [2.75, 3.05) is 0 Å². The quantitative estimate of drug-likeness (QED) is 0.572. The van der Waals surface area contributed by atoms with Gasteiger partial charge in [0.1, 0.15) is 5.75 Å². The Bertz CT molecular complexity index is 494. The first-order chi connectivity index (χ1) is 8.12. The van der Waals surface area contributed by atoms with E-state index >= 15 is 0 Å². The predicted molar refractivity (Wildman–Crippen MR) is 70.8 cm³/mol. The number of hydrogen-bond donors (Lipinski definition) is 3. The fraction of sp³-hybridized carbons (Fsp3) is 0.364. The van der Waals surface area contributed by atoms with Crippen LogP contribution in [0.4, 0.5) is 0 Å². The third-order valence-corrected chi connectivity index (χ3v) is 3.02. The van der Waals surface area contributed by atoms with E-state index in [1.165, 1.54) is 6.07 Å². The zero-order valence-corrected chi connectivity index (χ0v) is 11.8. The van der Waals surface area contributed by atoms with Gasteiger partial charge in [-0.25, -0.2) is 4.57 Å². The lowest BCUT2D eigenvalue weighted by Gasteiger charge is -2.26. The Morgan fingerprint density at radius 1 is 1.39 bits per heavy atom. The number of hydrogen-bond acceptors (Lipinski definition) is 3. The molecule has 5 nitrogen and oxygen atoms in total. The van der Waals surface area contributed by atoms with E-state index < -0.39 is 13.2 Å². The lowest BCUT2D eigenvalue weighted by molar-refractivity contribution is -0.111. The minimum atomic E-state index is -4.62. The molecule has 0 radical (unpaired) electrons. The van der Waals surface area contributed by atoms with Gasteiger partial charge in [-0.3, -0.25) is 14.6 Å². The molecule has 0 aromatic heterocycles. The van der Waals surface area contributed by atoms with Crippen LogP contribution in [0.5, 0.6) is 5.75 Å². The van der Waals surface area contributed by atoms with Crippen molar-refractivity contribution in [3.63, 3.8) is 0 Å². The summed E-state index contributed by atoms with van der Waals surface area (Å²) in [6, 6.07) is 6.45. The number of phosphoric acid groups is 1. The topological polar surface area (TPSA) is 83.8 Å². The van der Waals surface area contributed by atoms with Gasteiger partial charge in [0.2, 0.25) is 0 Å². The summed E-state index contributed by atoms with van der Waals surface area (Å²) in [7, 11) is -4.62. The van der Waals surface area contributed by atoms with Crippen molar-refractivity contribution in [1.29, 1.82) is 0 Å². The molecule has 0 saturated heterocycles. The van der Waals surface area contributed by atoms with E-state index in [-0.39, 0.29) is 17.3 Å². The first-order valence-electron chi connectivity index (χ1n) is 5.18. The Morgan fingerprint density at radius 3 is 2.44 bits per heavy atom. The second-order valence-corrected chi connectivity index (χ2v) is 6.19. The highest BCUT2D eigenvalue weighted by Crippen LogP contribution is 2.43. The Labute approximate surface area is 111 Å². The summed E-state index contributed by atoms with van der Waals surface area (Å²) in [6.45, 7) is 3.56. The molecule has 0 aliphatic carbocycles. The fourth-order valence-electron chi connectivity index (χ4n) is 1.71. The van der Waals surface area contributed by atoms with Gasteiger partial charge >= 0.3 is 7.82 Å². The molecule has 0 aliphatic heterocycles. The molecule has 1 aromatic rings. The second-order valence-electron chi connectivity index (χ2n) is 4.53. The van der Waals surface area contributed by atoms with Crippen LogP contribution in [0.2, 0.25) is 0 Å². The summed E-state index contributed by atoms with van der Waals surface area (Å²) >= 11 is 3.73. The molecule has 0 atom stereocenters. The Balaban J connectivity index is 3.16. The molecule has 0 heterocycles. The molecule has 100 valence electrons. The zero-order valence-electron chi connectivity index (χ0n) is 10.0. The van der Waals surface area contributed by atoms with Crippen LogP contribution in [0.15, 0.2) is 24.3 Å². The van der Waals surface area contributed by atoms with E-state index in [9.17, 15) is 9.36 Å². The van der Waals surface area contributed by atoms with E-state index in [1.807, 2.05) is 0 Å². The van der Waals surface area contributed by atoms with Crippen molar-refractivity contribution in [1.82, 2.24) is 0 Å². The van der Waals surface area contributed by atoms with E-state index in [1.54, 1.807) is 32.0 Å². The van der Waals surface area contributed by atoms with Crippen molar-refractivity contribution in [2.24, 2.45) is 0 Å². The van der Waals surface area contributed by atoms with Crippen molar-refractivity contribution < 1.29 is 23.7 Å². The fourth-order valence-corrected chi connectivity index (χ4v) is 2.52. The molecule has 1 aromatic carbocycles. The molecule has 0 saturated carbocycles. The minimum absolute atomic E-state index is 0.0745. The number of phosphoric ester groups is 1. The van der Waals surface area contributed by atoms with Crippen LogP contribution in [0, 0.1) is 0 Å². The van der Waals surface area contributed by atoms with Crippen LogP contribution in [0.25, 0.3) is 0 Å². The SMILES string of the molecule is CC(C)(CC(=O)S)c1ccccc1OP(=O)(O)O. The molecule has 18 heavy (non-hydrogen) atoms. The number of carbonyl (C=O) groups excluding carboxylic acids is 1. The van der Waals surface area contributed by atoms with E-state index in [4.69, 9.17) is 9.79 Å². The van der Waals surface area contributed by atoms with Crippen LogP contribution < -0.4 is 4.52 Å². The number of carbonyl (C=O) groups is 1. The van der Waals surface area contributed by atoms with E-state index in [0.717, 1.165) is 0 Å². The second kappa shape index (κ2) is 5.45. The molecule has 0 bridgehead atoms. The van der Waals surface area contributed by atoms with E-state index in [0.29, 0.717) is 5.56 Å². The van der Waals surface area contributed by atoms with Crippen molar-refractivity contribution in [3.8, 4) is 5.75 Å². The van der Waals surface area contributed by atoms with Crippen LogP contribution >= 0.6 is 20.5 Å². The highest BCUT2D eigenvalue weighted by molar-refractivity contribution is 7.96. The molecule has 1 rings (SSSR count). The largest absolute Gasteiger partial charge is 0.524 e. The van der Waals surface area contributed by atoms with Gasteiger partial charge in [-0.1, -0.05) is 32.0 Å². The maximum absolute atomic E-state index is 11.1. The van der Waals surface area contributed by atoms with Gasteiger partial charge in [0, 0.05) is 17.4 Å². The van der Waals surface area contributed by atoms with Crippen molar-refractivity contribution >= 4 is 25.6 Å². The molecule has 2 N–H and O–H groups in total. The maximum atomic E-state index is 11.1. The molecular formula is C11H15O5PS. The third-order valence-electron chi connectivity index (χ3n) is 2.43. The number of para-hydroxylation sites is 1. The first-order valence-corrected chi connectivity index (χ1v) is 7.16. The minimum Gasteiger partial charge on any atom is -0.404 e. The van der Waals surface area contributed by atoms with Gasteiger partial charge in [-0.05, 0) is 6.07 Å².